The molecule has 0 bridgehead atoms. The summed E-state index contributed by atoms with van der Waals surface area (Å²) in [7, 11) is 0. The molecule has 0 heterocycles. The van der Waals surface area contributed by atoms with Crippen LogP contribution < -0.4 is 9.80 Å². The molecule has 2 nitrogen and oxygen atoms in total. The van der Waals surface area contributed by atoms with Crippen LogP contribution in [0.25, 0.3) is 12.2 Å². The molecule has 272 valence electrons. The Hall–Kier alpha value is -2.22. The van der Waals surface area contributed by atoms with E-state index in [4.69, 9.17) is 0 Å². The van der Waals surface area contributed by atoms with Gasteiger partial charge in [0.15, 0.2) is 0 Å². The van der Waals surface area contributed by atoms with Crippen LogP contribution >= 0.6 is 0 Å². The summed E-state index contributed by atoms with van der Waals surface area (Å²) in [6.07, 6.45) is 37.3. The third-order valence-corrected chi connectivity index (χ3v) is 10.1. The molecule has 0 saturated heterocycles. The minimum Gasteiger partial charge on any atom is -0.372 e. The zero-order valence-corrected chi connectivity index (χ0v) is 32.5. The Morgan fingerprint density at radius 1 is 0.312 bits per heavy atom. The maximum Gasteiger partial charge on any atom is 0.0366 e. The third kappa shape index (κ3) is 20.3. The van der Waals surface area contributed by atoms with E-state index >= 15 is 0 Å². The van der Waals surface area contributed by atoms with Gasteiger partial charge in [-0.15, -0.1) is 0 Å². The number of anilines is 2. The molecule has 0 amide bonds. The Balaban J connectivity index is 1.95. The summed E-state index contributed by atoms with van der Waals surface area (Å²) >= 11 is 0. The minimum absolute atomic E-state index is 1.19. The summed E-state index contributed by atoms with van der Waals surface area (Å²) in [5, 5.41) is 0. The normalized spacial score (nSPS) is 11.5. The van der Waals surface area contributed by atoms with Gasteiger partial charge in [0.05, 0.1) is 0 Å². The molecule has 0 radical (unpaired) electrons. The average Bonchev–Trinajstić information content (AvgIpc) is 3.12. The minimum atomic E-state index is 1.19. The van der Waals surface area contributed by atoms with Gasteiger partial charge in [-0.25, -0.2) is 0 Å². The standard InChI is InChI=1S/C46H78N2/c1-5-9-13-17-21-25-39-47(40-26-22-18-14-10-6-2)45-35-31-43(32-36-45)29-30-44-33-37-46(38-34-44)48(41-27-23-19-15-11-7-3)42-28-24-20-16-12-8-4/h29-38H,5-28,39-42H2,1-4H3. The summed E-state index contributed by atoms with van der Waals surface area (Å²) < 4.78 is 0. The fourth-order valence-corrected chi connectivity index (χ4v) is 6.86. The first-order chi connectivity index (χ1) is 23.7. The zero-order valence-electron chi connectivity index (χ0n) is 32.5. The van der Waals surface area contributed by atoms with Gasteiger partial charge in [-0.2, -0.15) is 0 Å². The van der Waals surface area contributed by atoms with Gasteiger partial charge < -0.3 is 9.80 Å². The molecule has 0 aliphatic rings. The highest BCUT2D eigenvalue weighted by atomic mass is 15.1. The monoisotopic (exact) mass is 659 g/mol. The van der Waals surface area contributed by atoms with Gasteiger partial charge in [-0.1, -0.05) is 193 Å². The fraction of sp³-hybridized carbons (Fsp3) is 0.696. The van der Waals surface area contributed by atoms with Gasteiger partial charge in [-0.05, 0) is 61.1 Å². The number of rotatable bonds is 32. The second-order valence-electron chi connectivity index (χ2n) is 14.6. The topological polar surface area (TPSA) is 6.48 Å². The largest absolute Gasteiger partial charge is 0.372 e. The van der Waals surface area contributed by atoms with Crippen LogP contribution in [0.1, 0.15) is 193 Å². The van der Waals surface area contributed by atoms with Crippen molar-refractivity contribution < 1.29 is 0 Å². The number of unbranched alkanes of at least 4 members (excludes halogenated alkanes) is 20. The highest BCUT2D eigenvalue weighted by Crippen LogP contribution is 2.22. The lowest BCUT2D eigenvalue weighted by atomic mass is 10.1. The summed E-state index contributed by atoms with van der Waals surface area (Å²) in [4.78, 5) is 5.32. The Kier molecular flexibility index (Phi) is 25.9. The second-order valence-corrected chi connectivity index (χ2v) is 14.6. The van der Waals surface area contributed by atoms with Crippen molar-refractivity contribution >= 4 is 23.5 Å². The van der Waals surface area contributed by atoms with Crippen molar-refractivity contribution in [2.75, 3.05) is 36.0 Å². The van der Waals surface area contributed by atoms with Crippen molar-refractivity contribution in [1.82, 2.24) is 0 Å². The van der Waals surface area contributed by atoms with Crippen molar-refractivity contribution in [3.63, 3.8) is 0 Å². The van der Waals surface area contributed by atoms with Gasteiger partial charge in [0.2, 0.25) is 0 Å². The molecule has 0 aromatic heterocycles. The van der Waals surface area contributed by atoms with E-state index in [1.165, 1.54) is 203 Å². The first kappa shape index (κ1) is 41.9. The Morgan fingerprint density at radius 2 is 0.542 bits per heavy atom. The van der Waals surface area contributed by atoms with Crippen LogP contribution in [-0.2, 0) is 0 Å². The molecule has 0 aliphatic heterocycles. The van der Waals surface area contributed by atoms with Crippen molar-refractivity contribution in [2.45, 2.75) is 182 Å². The molecular formula is C46H78N2. The molecule has 0 unspecified atom stereocenters. The van der Waals surface area contributed by atoms with Crippen molar-refractivity contribution in [3.8, 4) is 0 Å². The third-order valence-electron chi connectivity index (χ3n) is 10.1. The first-order valence-electron chi connectivity index (χ1n) is 21.1. The fourth-order valence-electron chi connectivity index (χ4n) is 6.86. The number of nitrogens with zero attached hydrogens (tertiary/aromatic N) is 2. The van der Waals surface area contributed by atoms with Crippen LogP contribution in [0.2, 0.25) is 0 Å². The van der Waals surface area contributed by atoms with Gasteiger partial charge in [0.1, 0.15) is 0 Å². The van der Waals surface area contributed by atoms with Crippen molar-refractivity contribution in [3.05, 3.63) is 59.7 Å². The van der Waals surface area contributed by atoms with E-state index in [2.05, 4.69) is 98.2 Å². The van der Waals surface area contributed by atoms with Crippen LogP contribution in [0.3, 0.4) is 0 Å². The lowest BCUT2D eigenvalue weighted by Crippen LogP contribution is -2.25. The molecule has 0 N–H and O–H groups in total. The van der Waals surface area contributed by atoms with Gasteiger partial charge in [0, 0.05) is 37.6 Å². The molecule has 2 aromatic rings. The van der Waals surface area contributed by atoms with E-state index in [9.17, 15) is 0 Å². The molecule has 0 atom stereocenters. The second kappa shape index (κ2) is 29.7. The lowest BCUT2D eigenvalue weighted by Gasteiger charge is -2.25. The van der Waals surface area contributed by atoms with Gasteiger partial charge in [-0.3, -0.25) is 0 Å². The molecule has 2 heteroatoms. The molecular weight excluding hydrogens is 581 g/mol. The van der Waals surface area contributed by atoms with E-state index in [0.29, 0.717) is 0 Å². The van der Waals surface area contributed by atoms with Crippen LogP contribution in [0.5, 0.6) is 0 Å². The highest BCUT2D eigenvalue weighted by Gasteiger charge is 2.08. The predicted octanol–water partition coefficient (Wildman–Crippen LogP) is 14.9. The SMILES string of the molecule is CCCCCCCCN(CCCCCCCC)c1ccc(C=Cc2ccc(N(CCCCCCCC)CCCCCCCC)cc2)cc1. The lowest BCUT2D eigenvalue weighted by molar-refractivity contribution is 0.575. The van der Waals surface area contributed by atoms with E-state index in [1.54, 1.807) is 0 Å². The smallest absolute Gasteiger partial charge is 0.0366 e. The summed E-state index contributed by atoms with van der Waals surface area (Å²) in [5.74, 6) is 0. The number of hydrogen-bond acceptors (Lipinski definition) is 2. The van der Waals surface area contributed by atoms with Crippen LogP contribution in [0.15, 0.2) is 48.5 Å². The summed E-state index contributed by atoms with van der Waals surface area (Å²) in [6.45, 7) is 14.0. The van der Waals surface area contributed by atoms with Crippen molar-refractivity contribution in [2.24, 2.45) is 0 Å². The van der Waals surface area contributed by atoms with E-state index in [0.717, 1.165) is 0 Å². The molecule has 0 aliphatic carbocycles. The molecule has 0 fully saturated rings. The number of hydrogen-bond donors (Lipinski definition) is 0. The number of benzene rings is 2. The van der Waals surface area contributed by atoms with Crippen LogP contribution in [-0.4, -0.2) is 26.2 Å². The molecule has 2 rings (SSSR count). The predicted molar refractivity (Wildman–Crippen MR) is 220 cm³/mol. The Labute approximate surface area is 300 Å². The summed E-state index contributed by atoms with van der Waals surface area (Å²) in [6, 6.07) is 18.7. The quantitative estimate of drug-likeness (QED) is 0.0570. The Morgan fingerprint density at radius 3 is 0.792 bits per heavy atom. The van der Waals surface area contributed by atoms with Crippen molar-refractivity contribution in [1.29, 1.82) is 0 Å². The molecule has 48 heavy (non-hydrogen) atoms. The van der Waals surface area contributed by atoms with Gasteiger partial charge in [0.25, 0.3) is 0 Å². The average molecular weight is 659 g/mol. The zero-order chi connectivity index (χ0) is 34.3. The van der Waals surface area contributed by atoms with E-state index in [1.807, 2.05) is 0 Å². The first-order valence-corrected chi connectivity index (χ1v) is 21.1. The van der Waals surface area contributed by atoms with Crippen LogP contribution in [0.4, 0.5) is 11.4 Å². The van der Waals surface area contributed by atoms with Gasteiger partial charge >= 0.3 is 0 Å². The highest BCUT2D eigenvalue weighted by molar-refractivity contribution is 5.71. The van der Waals surface area contributed by atoms with E-state index in [-0.39, 0.29) is 0 Å². The molecule has 0 saturated carbocycles. The Bertz CT molecular complexity index is 878. The molecule has 2 aromatic carbocycles. The van der Waals surface area contributed by atoms with Crippen LogP contribution in [0, 0.1) is 0 Å². The summed E-state index contributed by atoms with van der Waals surface area (Å²) in [5.41, 5.74) is 5.37. The maximum absolute atomic E-state index is 2.66. The molecule has 0 spiro atoms. The van der Waals surface area contributed by atoms with E-state index < -0.39 is 0 Å². The maximum atomic E-state index is 2.66.